The Morgan fingerprint density at radius 1 is 0.719 bits per heavy atom. The predicted molar refractivity (Wildman–Crippen MR) is 130 cm³/mol. The van der Waals surface area contributed by atoms with Gasteiger partial charge in [-0.25, -0.2) is 9.18 Å². The lowest BCUT2D eigenvalue weighted by atomic mass is 10.1. The highest BCUT2D eigenvalue weighted by molar-refractivity contribution is 7.87. The van der Waals surface area contributed by atoms with Crippen LogP contribution in [-0.4, -0.2) is 11.1 Å². The normalized spacial score (nSPS) is 11.4. The van der Waals surface area contributed by atoms with Gasteiger partial charge in [-0.05, 0) is 12.1 Å². The Kier molecular flexibility index (Phi) is 6.44. The zero-order valence-electron chi connectivity index (χ0n) is 17.2. The smallest absolute Gasteiger partial charge is 0.328 e. The molecule has 4 aromatic rings. The molecule has 0 aromatic heterocycles. The first kappa shape index (κ1) is 21.5. The number of aliphatic carboxylic acids is 1. The number of carbonyl (C=O) groups is 1. The number of carboxylic acids is 1. The summed E-state index contributed by atoms with van der Waals surface area (Å²) in [5, 5.41) is 12.0. The van der Waals surface area contributed by atoms with Crippen LogP contribution in [0.15, 0.2) is 120 Å². The Balaban J connectivity index is 2.15. The highest BCUT2D eigenvalue weighted by Gasteiger charge is 2.28. The van der Waals surface area contributed by atoms with E-state index in [4.69, 9.17) is 9.85 Å². The molecule has 4 aromatic carbocycles. The van der Waals surface area contributed by atoms with Crippen molar-refractivity contribution in [3.05, 3.63) is 127 Å². The molecule has 3 nitrogen and oxygen atoms in total. The van der Waals surface area contributed by atoms with E-state index in [9.17, 15) is 4.79 Å². The van der Waals surface area contributed by atoms with Crippen LogP contribution in [0.2, 0.25) is 0 Å². The van der Waals surface area contributed by atoms with Crippen molar-refractivity contribution in [3.63, 3.8) is 0 Å². The average molecular weight is 441 g/mol. The maximum atomic E-state index is 15.2. The summed E-state index contributed by atoms with van der Waals surface area (Å²) in [6.07, 6.45) is 2.39. The molecule has 32 heavy (non-hydrogen) atoms. The summed E-state index contributed by atoms with van der Waals surface area (Å²) in [6.45, 7) is 0. The highest BCUT2D eigenvalue weighted by Crippen LogP contribution is 2.50. The van der Waals surface area contributed by atoms with E-state index in [1.165, 1.54) is 12.1 Å². The Labute approximate surface area is 186 Å². The molecule has 0 amide bonds. The Hall–Kier alpha value is -3.75. The van der Waals surface area contributed by atoms with E-state index in [0.29, 0.717) is 5.56 Å². The third-order valence-electron chi connectivity index (χ3n) is 5.06. The minimum Gasteiger partial charge on any atom is -0.478 e. The SMILES string of the molecule is O=C(O)C=Cc1cccc(F)c1N=P(c1ccccc1)(c1ccccc1)c1ccccc1. The lowest BCUT2D eigenvalue weighted by molar-refractivity contribution is -0.131. The molecule has 0 radical (unpaired) electrons. The van der Waals surface area contributed by atoms with Gasteiger partial charge in [0.2, 0.25) is 0 Å². The molecule has 1 N–H and O–H groups in total. The maximum Gasteiger partial charge on any atom is 0.328 e. The summed E-state index contributed by atoms with van der Waals surface area (Å²) in [5.74, 6) is -1.60. The molecule has 0 fully saturated rings. The molecule has 4 rings (SSSR count). The number of carboxylic acid groups (broad SMARTS) is 1. The Bertz CT molecular complexity index is 1200. The summed E-state index contributed by atoms with van der Waals surface area (Å²) in [4.78, 5) is 11.1. The second-order valence-corrected chi connectivity index (χ2v) is 10.1. The molecular formula is C27H21FNO2P. The first-order chi connectivity index (χ1) is 15.6. The molecule has 0 aliphatic carbocycles. The van der Waals surface area contributed by atoms with Crippen molar-refractivity contribution in [2.75, 3.05) is 0 Å². The van der Waals surface area contributed by atoms with Gasteiger partial charge in [0.15, 0.2) is 0 Å². The molecule has 0 saturated carbocycles. The standard InChI is InChI=1S/C27H21FNO2P/c28-25-18-10-11-21(19-20-26(30)31)27(25)29-32(22-12-4-1-5-13-22,23-14-6-2-7-15-23)24-16-8-3-9-17-24/h1-20H,(H,30,31). The molecule has 5 heteroatoms. The minimum absolute atomic E-state index is 0.148. The fourth-order valence-electron chi connectivity index (χ4n) is 3.63. The zero-order valence-corrected chi connectivity index (χ0v) is 18.1. The highest BCUT2D eigenvalue weighted by atomic mass is 31.2. The van der Waals surface area contributed by atoms with Crippen LogP contribution < -0.4 is 15.9 Å². The van der Waals surface area contributed by atoms with Crippen molar-refractivity contribution in [1.82, 2.24) is 0 Å². The van der Waals surface area contributed by atoms with Gasteiger partial charge in [0.25, 0.3) is 0 Å². The summed E-state index contributed by atoms with van der Waals surface area (Å²) in [5.41, 5.74) is 0.564. The van der Waals surface area contributed by atoms with Crippen molar-refractivity contribution >= 4 is 40.7 Å². The van der Waals surface area contributed by atoms with Gasteiger partial charge in [0.1, 0.15) is 11.5 Å². The van der Waals surface area contributed by atoms with Crippen LogP contribution in [0.1, 0.15) is 5.56 Å². The van der Waals surface area contributed by atoms with E-state index < -0.39 is 18.8 Å². The molecule has 0 aliphatic heterocycles. The second kappa shape index (κ2) is 9.59. The molecule has 0 aliphatic rings. The molecule has 0 bridgehead atoms. The average Bonchev–Trinajstić information content (AvgIpc) is 2.84. The van der Waals surface area contributed by atoms with Gasteiger partial charge < -0.3 is 5.11 Å². The van der Waals surface area contributed by atoms with Crippen molar-refractivity contribution in [2.45, 2.75) is 0 Å². The zero-order chi connectivity index (χ0) is 22.4. The number of hydrogen-bond acceptors (Lipinski definition) is 2. The van der Waals surface area contributed by atoms with E-state index in [2.05, 4.69) is 0 Å². The van der Waals surface area contributed by atoms with Crippen LogP contribution in [0.5, 0.6) is 0 Å². The molecular weight excluding hydrogens is 420 g/mol. The van der Waals surface area contributed by atoms with Gasteiger partial charge in [0.05, 0.1) is 7.05 Å². The van der Waals surface area contributed by atoms with Gasteiger partial charge in [-0.2, -0.15) is 0 Å². The van der Waals surface area contributed by atoms with Gasteiger partial charge in [-0.3, -0.25) is 4.74 Å². The van der Waals surface area contributed by atoms with Crippen LogP contribution in [0.3, 0.4) is 0 Å². The topological polar surface area (TPSA) is 49.7 Å². The van der Waals surface area contributed by atoms with Crippen LogP contribution in [0, 0.1) is 5.82 Å². The predicted octanol–water partition coefficient (Wildman–Crippen LogP) is 5.73. The molecule has 0 atom stereocenters. The van der Waals surface area contributed by atoms with Crippen molar-refractivity contribution in [2.24, 2.45) is 4.74 Å². The van der Waals surface area contributed by atoms with E-state index >= 15 is 4.39 Å². The maximum absolute atomic E-state index is 15.2. The van der Waals surface area contributed by atoms with E-state index in [0.717, 1.165) is 22.0 Å². The van der Waals surface area contributed by atoms with Crippen molar-refractivity contribution in [3.8, 4) is 0 Å². The number of halogens is 1. The fourth-order valence-corrected chi connectivity index (χ4v) is 7.20. The first-order valence-electron chi connectivity index (χ1n) is 10.1. The minimum atomic E-state index is -2.67. The molecule has 0 saturated heterocycles. The van der Waals surface area contributed by atoms with Crippen LogP contribution in [0.25, 0.3) is 6.08 Å². The Morgan fingerprint density at radius 2 is 1.19 bits per heavy atom. The second-order valence-electron chi connectivity index (χ2n) is 7.09. The lowest BCUT2D eigenvalue weighted by Gasteiger charge is -2.27. The third-order valence-corrected chi connectivity index (χ3v) is 8.70. The number of hydrogen-bond donors (Lipinski definition) is 1. The lowest BCUT2D eigenvalue weighted by Crippen LogP contribution is -2.25. The number of benzene rings is 4. The summed E-state index contributed by atoms with van der Waals surface area (Å²) in [6, 6.07) is 34.3. The largest absolute Gasteiger partial charge is 0.478 e. The van der Waals surface area contributed by atoms with Gasteiger partial charge in [-0.1, -0.05) is 103 Å². The quantitative estimate of drug-likeness (QED) is 0.307. The summed E-state index contributed by atoms with van der Waals surface area (Å²) in [7, 11) is -2.67. The van der Waals surface area contributed by atoms with Crippen LogP contribution >= 0.6 is 7.05 Å². The van der Waals surface area contributed by atoms with Crippen molar-refractivity contribution in [1.29, 1.82) is 0 Å². The van der Waals surface area contributed by atoms with Gasteiger partial charge in [0, 0.05) is 27.6 Å². The monoisotopic (exact) mass is 441 g/mol. The van der Waals surface area contributed by atoms with Crippen LogP contribution in [-0.2, 0) is 4.79 Å². The van der Waals surface area contributed by atoms with Crippen LogP contribution in [0.4, 0.5) is 10.1 Å². The van der Waals surface area contributed by atoms with E-state index in [1.807, 2.05) is 91.0 Å². The Morgan fingerprint density at radius 3 is 1.62 bits per heavy atom. The van der Waals surface area contributed by atoms with Crippen molar-refractivity contribution < 1.29 is 14.3 Å². The van der Waals surface area contributed by atoms with Gasteiger partial charge in [-0.15, -0.1) is 0 Å². The number of rotatable bonds is 6. The molecule has 158 valence electrons. The fraction of sp³-hybridized carbons (Fsp3) is 0. The van der Waals surface area contributed by atoms with E-state index in [-0.39, 0.29) is 5.69 Å². The first-order valence-corrected chi connectivity index (χ1v) is 11.8. The summed E-state index contributed by atoms with van der Waals surface area (Å²) >= 11 is 0. The van der Waals surface area contributed by atoms with E-state index in [1.54, 1.807) is 12.1 Å². The molecule has 0 spiro atoms. The molecule has 0 unspecified atom stereocenters. The number of nitrogens with zero attached hydrogens (tertiary/aromatic N) is 1. The van der Waals surface area contributed by atoms with Gasteiger partial charge >= 0.3 is 5.97 Å². The summed E-state index contributed by atoms with van der Waals surface area (Å²) < 4.78 is 20.4. The third kappa shape index (κ3) is 4.32. The molecule has 0 heterocycles.